The molecule has 0 saturated carbocycles. The Morgan fingerprint density at radius 1 is 1.17 bits per heavy atom. The molecule has 0 spiro atoms. The molecule has 2 aromatic carbocycles. The molecular weight excluding hydrogens is 356 g/mol. The van der Waals surface area contributed by atoms with Gasteiger partial charge in [0.2, 0.25) is 11.3 Å². The van der Waals surface area contributed by atoms with Gasteiger partial charge in [0, 0.05) is 30.9 Å². The zero-order valence-electron chi connectivity index (χ0n) is 18.5. The molecule has 4 rings (SSSR count). The van der Waals surface area contributed by atoms with Gasteiger partial charge in [0.05, 0.1) is 12.0 Å². The second-order valence-electron chi connectivity index (χ2n) is 9.30. The zero-order chi connectivity index (χ0) is 21.1. The van der Waals surface area contributed by atoms with Crippen LogP contribution < -0.4 is 9.30 Å². The molecule has 148 valence electrons. The quantitative estimate of drug-likeness (QED) is 0.294. The molecule has 1 aliphatic rings. The van der Waals surface area contributed by atoms with E-state index in [4.69, 9.17) is 11.3 Å². The summed E-state index contributed by atoms with van der Waals surface area (Å²) in [6.07, 6.45) is 2.76. The number of aromatic nitrogens is 1. The monoisotopic (exact) mass is 385 g/mol. The van der Waals surface area contributed by atoms with E-state index < -0.39 is 5.54 Å². The van der Waals surface area contributed by atoms with Gasteiger partial charge >= 0.3 is 0 Å². The van der Waals surface area contributed by atoms with Gasteiger partial charge in [0.25, 0.3) is 5.69 Å². The first-order chi connectivity index (χ1) is 13.6. The summed E-state index contributed by atoms with van der Waals surface area (Å²) in [7, 11) is 2.08. The normalized spacial score (nSPS) is 12.7. The Morgan fingerprint density at radius 2 is 1.90 bits per heavy atom. The number of nitrogens with zero attached hydrogens (tertiary/aromatic N) is 2. The van der Waals surface area contributed by atoms with Gasteiger partial charge in [-0.05, 0) is 47.9 Å². The van der Waals surface area contributed by atoms with Gasteiger partial charge in [-0.3, -0.25) is 0 Å². The van der Waals surface area contributed by atoms with Crippen LogP contribution >= 0.6 is 0 Å². The van der Waals surface area contributed by atoms with Crippen LogP contribution in [0.2, 0.25) is 0 Å². The van der Waals surface area contributed by atoms with Crippen molar-refractivity contribution in [3.8, 4) is 22.8 Å². The van der Waals surface area contributed by atoms with Crippen LogP contribution in [0.1, 0.15) is 55.9 Å². The van der Waals surface area contributed by atoms with Crippen molar-refractivity contribution in [3.05, 3.63) is 64.1 Å². The van der Waals surface area contributed by atoms with E-state index in [0.29, 0.717) is 12.3 Å². The van der Waals surface area contributed by atoms with Crippen molar-refractivity contribution in [1.82, 2.24) is 0 Å². The molecule has 1 aliphatic heterocycles. The number of aryl methyl sites for hydroxylation is 2. The van der Waals surface area contributed by atoms with Crippen LogP contribution in [0.15, 0.2) is 30.5 Å². The molecule has 0 aliphatic carbocycles. The Kier molecular flexibility index (Phi) is 4.42. The van der Waals surface area contributed by atoms with Crippen molar-refractivity contribution >= 4 is 10.8 Å². The number of fused-ring (bicyclic) bond motifs is 2. The number of benzene rings is 2. The van der Waals surface area contributed by atoms with E-state index in [1.807, 2.05) is 13.8 Å². The van der Waals surface area contributed by atoms with Gasteiger partial charge in [-0.15, -0.1) is 0 Å². The fourth-order valence-electron chi connectivity index (χ4n) is 4.30. The Balaban J connectivity index is 2.09. The van der Waals surface area contributed by atoms with Crippen LogP contribution in [0.5, 0.6) is 11.5 Å². The second kappa shape index (κ2) is 6.59. The van der Waals surface area contributed by atoms with Crippen molar-refractivity contribution in [1.29, 1.82) is 0 Å². The van der Waals surface area contributed by atoms with Gasteiger partial charge in [-0.1, -0.05) is 26.0 Å². The van der Waals surface area contributed by atoms with Crippen LogP contribution in [0, 0.1) is 20.4 Å². The molecule has 0 bridgehead atoms. The molecule has 2 heterocycles. The first-order valence-corrected chi connectivity index (χ1v) is 10.3. The maximum atomic E-state index is 7.56. The minimum Gasteiger partial charge on any atom is -0.449 e. The lowest BCUT2D eigenvalue weighted by Gasteiger charge is -2.25. The summed E-state index contributed by atoms with van der Waals surface area (Å²) in [5.74, 6) is 2.26. The maximum absolute atomic E-state index is 7.56. The number of hydrogen-bond donors (Lipinski definition) is 0. The van der Waals surface area contributed by atoms with E-state index in [1.165, 1.54) is 33.0 Å². The summed E-state index contributed by atoms with van der Waals surface area (Å²) < 4.78 is 8.77. The van der Waals surface area contributed by atoms with Crippen molar-refractivity contribution in [2.24, 2.45) is 7.05 Å². The minimum absolute atomic E-state index is 0.429. The maximum Gasteiger partial charge on any atom is 0.256 e. The number of hydrogen-bond acceptors (Lipinski definition) is 1. The molecule has 0 N–H and O–H groups in total. The highest BCUT2D eigenvalue weighted by atomic mass is 16.5. The van der Waals surface area contributed by atoms with Crippen LogP contribution in [-0.4, -0.2) is 5.54 Å². The number of rotatable bonds is 3. The summed E-state index contributed by atoms with van der Waals surface area (Å²) in [5.41, 5.74) is 6.86. The van der Waals surface area contributed by atoms with Gasteiger partial charge < -0.3 is 9.58 Å². The highest BCUT2D eigenvalue weighted by molar-refractivity contribution is 6.05. The Labute approximate surface area is 173 Å². The molecular formula is C26H29N2O+. The SMILES string of the molecule is [C-]#[N+]C(C)(C)Cc1cc[n+](C)c2c1Oc1cc(C(C)C)cc3cc(C)c(C)c-2c13. The first kappa shape index (κ1) is 19.5. The summed E-state index contributed by atoms with van der Waals surface area (Å²) in [5, 5.41) is 2.43. The second-order valence-corrected chi connectivity index (χ2v) is 9.30. The topological polar surface area (TPSA) is 17.5 Å². The lowest BCUT2D eigenvalue weighted by molar-refractivity contribution is -0.660. The Hall–Kier alpha value is -2.86. The average molecular weight is 386 g/mol. The van der Waals surface area contributed by atoms with Crippen LogP contribution in [0.3, 0.4) is 0 Å². The minimum atomic E-state index is -0.464. The third-order valence-electron chi connectivity index (χ3n) is 6.14. The largest absolute Gasteiger partial charge is 0.449 e. The zero-order valence-corrected chi connectivity index (χ0v) is 18.5. The van der Waals surface area contributed by atoms with Gasteiger partial charge in [-0.2, -0.15) is 4.57 Å². The van der Waals surface area contributed by atoms with E-state index in [2.05, 4.69) is 74.6 Å². The van der Waals surface area contributed by atoms with Crippen molar-refractivity contribution in [3.63, 3.8) is 0 Å². The summed E-state index contributed by atoms with van der Waals surface area (Å²) >= 11 is 0. The lowest BCUT2D eigenvalue weighted by Crippen LogP contribution is -2.33. The molecule has 3 aromatic rings. The van der Waals surface area contributed by atoms with Gasteiger partial charge in [0.1, 0.15) is 12.8 Å². The van der Waals surface area contributed by atoms with E-state index in [-0.39, 0.29) is 0 Å². The average Bonchev–Trinajstić information content (AvgIpc) is 2.67. The standard InChI is InChI=1S/C26H29N2O/c1-15(2)19-12-20-11-16(3)17(4)22-23(20)21(13-19)29-25-18(14-26(5,6)27-7)9-10-28(8)24(22)25/h9-13,15H,14H2,1-6,8H3/q+1. The van der Waals surface area contributed by atoms with Gasteiger partial charge in [0.15, 0.2) is 6.20 Å². The van der Waals surface area contributed by atoms with Crippen LogP contribution in [-0.2, 0) is 13.5 Å². The van der Waals surface area contributed by atoms with Crippen LogP contribution in [0.4, 0.5) is 0 Å². The molecule has 0 radical (unpaired) electrons. The van der Waals surface area contributed by atoms with Crippen LogP contribution in [0.25, 0.3) is 26.9 Å². The predicted molar refractivity (Wildman–Crippen MR) is 119 cm³/mol. The fraction of sp³-hybridized carbons (Fsp3) is 0.385. The summed E-state index contributed by atoms with van der Waals surface area (Å²) in [6.45, 7) is 20.4. The molecule has 0 atom stereocenters. The number of ether oxygens (including phenoxy) is 1. The molecule has 0 amide bonds. The fourth-order valence-corrected chi connectivity index (χ4v) is 4.30. The molecule has 0 saturated heterocycles. The molecule has 3 nitrogen and oxygen atoms in total. The third-order valence-corrected chi connectivity index (χ3v) is 6.14. The Bertz CT molecular complexity index is 1200. The number of pyridine rings is 1. The molecule has 3 heteroatoms. The molecule has 1 aromatic heterocycles. The van der Waals surface area contributed by atoms with E-state index in [1.54, 1.807) is 0 Å². The van der Waals surface area contributed by atoms with E-state index in [9.17, 15) is 0 Å². The van der Waals surface area contributed by atoms with E-state index in [0.717, 1.165) is 22.8 Å². The molecule has 29 heavy (non-hydrogen) atoms. The van der Waals surface area contributed by atoms with E-state index >= 15 is 0 Å². The first-order valence-electron chi connectivity index (χ1n) is 10.3. The van der Waals surface area contributed by atoms with Crippen molar-refractivity contribution < 1.29 is 9.30 Å². The Morgan fingerprint density at radius 3 is 2.55 bits per heavy atom. The third kappa shape index (κ3) is 3.08. The molecule has 0 fully saturated rings. The molecule has 0 unspecified atom stereocenters. The smallest absolute Gasteiger partial charge is 0.256 e. The van der Waals surface area contributed by atoms with Crippen molar-refractivity contribution in [2.75, 3.05) is 0 Å². The van der Waals surface area contributed by atoms with Gasteiger partial charge in [-0.25, -0.2) is 6.57 Å². The predicted octanol–water partition coefficient (Wildman–Crippen LogP) is 6.42. The highest BCUT2D eigenvalue weighted by Crippen LogP contribution is 2.49. The van der Waals surface area contributed by atoms with Crippen molar-refractivity contribution in [2.45, 2.75) is 59.4 Å². The lowest BCUT2D eigenvalue weighted by atomic mass is 9.86. The highest BCUT2D eigenvalue weighted by Gasteiger charge is 2.35. The summed E-state index contributed by atoms with van der Waals surface area (Å²) in [6, 6.07) is 8.89. The summed E-state index contributed by atoms with van der Waals surface area (Å²) in [4.78, 5) is 3.83.